The Hall–Kier alpha value is -2.52. The molecule has 2 rings (SSSR count). The molecule has 0 spiro atoms. The maximum absolute atomic E-state index is 9.28. The molecule has 0 aliphatic rings. The standard InChI is InChI=1S/2C8H10O4/c2*9-3-5-1-7(11)2-6(4-10)8(5)12/h2*1-2,9-12H,3-4H2. The maximum atomic E-state index is 9.28. The van der Waals surface area contributed by atoms with Crippen LogP contribution in [-0.2, 0) is 26.4 Å². The molecule has 8 N–H and O–H groups in total. The molecule has 0 unspecified atom stereocenters. The van der Waals surface area contributed by atoms with Gasteiger partial charge in [0.25, 0.3) is 0 Å². The Kier molecular flexibility index (Phi) is 7.28. The molecule has 0 amide bonds. The van der Waals surface area contributed by atoms with Gasteiger partial charge in [0.1, 0.15) is 23.0 Å². The molecule has 2 aromatic rings. The highest BCUT2D eigenvalue weighted by Crippen LogP contribution is 2.28. The topological polar surface area (TPSA) is 162 Å². The van der Waals surface area contributed by atoms with Gasteiger partial charge in [0.15, 0.2) is 0 Å². The Morgan fingerprint density at radius 3 is 0.833 bits per heavy atom. The summed E-state index contributed by atoms with van der Waals surface area (Å²) in [5.41, 5.74) is 0.830. The average molecular weight is 340 g/mol. The molecule has 0 heterocycles. The molecule has 8 nitrogen and oxygen atoms in total. The van der Waals surface area contributed by atoms with Crippen molar-refractivity contribution >= 4 is 0 Å². The number of phenols is 4. The second-order valence-electron chi connectivity index (χ2n) is 4.86. The van der Waals surface area contributed by atoms with E-state index < -0.39 is 0 Å². The first-order valence-electron chi connectivity index (χ1n) is 6.88. The molecule has 132 valence electrons. The van der Waals surface area contributed by atoms with Gasteiger partial charge in [-0.3, -0.25) is 0 Å². The van der Waals surface area contributed by atoms with Crippen molar-refractivity contribution in [3.05, 3.63) is 46.5 Å². The van der Waals surface area contributed by atoms with Crippen LogP contribution < -0.4 is 0 Å². The molecule has 0 aromatic heterocycles. The van der Waals surface area contributed by atoms with Crippen molar-refractivity contribution in [2.24, 2.45) is 0 Å². The minimum Gasteiger partial charge on any atom is -0.508 e. The Labute approximate surface area is 137 Å². The van der Waals surface area contributed by atoms with Crippen LogP contribution in [0.25, 0.3) is 0 Å². The molecule has 0 atom stereocenters. The van der Waals surface area contributed by atoms with Crippen LogP contribution in [0.5, 0.6) is 23.0 Å². The number of phenolic OH excluding ortho intramolecular Hbond substituents is 2. The van der Waals surface area contributed by atoms with Crippen molar-refractivity contribution in [2.45, 2.75) is 26.4 Å². The Balaban J connectivity index is 0.000000240. The van der Waals surface area contributed by atoms with Gasteiger partial charge in [-0.2, -0.15) is 0 Å². The summed E-state index contributed by atoms with van der Waals surface area (Å²) in [7, 11) is 0. The van der Waals surface area contributed by atoms with Crippen molar-refractivity contribution in [1.82, 2.24) is 0 Å². The Bertz CT molecular complexity index is 574. The quantitative estimate of drug-likeness (QED) is 0.365. The number of aromatic hydroxyl groups is 4. The van der Waals surface area contributed by atoms with Crippen LogP contribution in [-0.4, -0.2) is 40.9 Å². The lowest BCUT2D eigenvalue weighted by atomic mass is 10.1. The van der Waals surface area contributed by atoms with Gasteiger partial charge in [0, 0.05) is 22.3 Å². The average Bonchev–Trinajstić information content (AvgIpc) is 2.58. The number of aliphatic hydroxyl groups is 4. The lowest BCUT2D eigenvalue weighted by Gasteiger charge is -2.06. The smallest absolute Gasteiger partial charge is 0.126 e. The first-order valence-corrected chi connectivity index (χ1v) is 6.88. The van der Waals surface area contributed by atoms with Gasteiger partial charge in [0.05, 0.1) is 26.4 Å². The normalized spacial score (nSPS) is 10.2. The van der Waals surface area contributed by atoms with E-state index in [1.807, 2.05) is 0 Å². The van der Waals surface area contributed by atoms with E-state index >= 15 is 0 Å². The third-order valence-electron chi connectivity index (χ3n) is 3.19. The van der Waals surface area contributed by atoms with Crippen LogP contribution in [0.15, 0.2) is 24.3 Å². The van der Waals surface area contributed by atoms with Crippen molar-refractivity contribution in [3.8, 4) is 23.0 Å². The van der Waals surface area contributed by atoms with E-state index in [9.17, 15) is 10.2 Å². The van der Waals surface area contributed by atoms with Gasteiger partial charge < -0.3 is 40.9 Å². The molecule has 0 fully saturated rings. The molecule has 8 heteroatoms. The highest BCUT2D eigenvalue weighted by molar-refractivity contribution is 5.46. The number of aliphatic hydroxyl groups excluding tert-OH is 4. The number of hydrogen-bond donors (Lipinski definition) is 8. The van der Waals surface area contributed by atoms with Gasteiger partial charge in [0.2, 0.25) is 0 Å². The summed E-state index contributed by atoms with van der Waals surface area (Å²) in [5.74, 6) is -0.502. The van der Waals surface area contributed by atoms with E-state index in [4.69, 9.17) is 30.6 Å². The molecule has 0 radical (unpaired) electrons. The molecule has 0 bridgehead atoms. The summed E-state index contributed by atoms with van der Waals surface area (Å²) in [5, 5.41) is 71.5. The second kappa shape index (κ2) is 8.94. The van der Waals surface area contributed by atoms with Crippen LogP contribution in [0, 0.1) is 0 Å². The summed E-state index contributed by atoms with van der Waals surface area (Å²) in [4.78, 5) is 0. The largest absolute Gasteiger partial charge is 0.508 e. The zero-order valence-electron chi connectivity index (χ0n) is 12.7. The predicted molar refractivity (Wildman–Crippen MR) is 83.2 cm³/mol. The summed E-state index contributed by atoms with van der Waals surface area (Å²) >= 11 is 0. The van der Waals surface area contributed by atoms with Gasteiger partial charge in [-0.1, -0.05) is 0 Å². The third kappa shape index (κ3) is 4.74. The lowest BCUT2D eigenvalue weighted by molar-refractivity contribution is 0.261. The first-order chi connectivity index (χ1) is 11.4. The number of benzene rings is 2. The number of hydrogen-bond acceptors (Lipinski definition) is 8. The van der Waals surface area contributed by atoms with E-state index in [2.05, 4.69) is 0 Å². The summed E-state index contributed by atoms with van der Waals surface area (Å²) in [6.07, 6.45) is 0. The van der Waals surface area contributed by atoms with E-state index in [0.29, 0.717) is 0 Å². The lowest BCUT2D eigenvalue weighted by Crippen LogP contribution is -1.90. The minimum absolute atomic E-state index is 0.0825. The fourth-order valence-corrected chi connectivity index (χ4v) is 1.97. The predicted octanol–water partition coefficient (Wildman–Crippen LogP) is 0.165. The third-order valence-corrected chi connectivity index (χ3v) is 3.19. The molecule has 0 saturated carbocycles. The summed E-state index contributed by atoms with van der Waals surface area (Å²) in [6.45, 7) is -1.47. The molecule has 2 aromatic carbocycles. The van der Waals surface area contributed by atoms with Crippen LogP contribution >= 0.6 is 0 Å². The highest BCUT2D eigenvalue weighted by Gasteiger charge is 2.08. The Morgan fingerprint density at radius 2 is 0.667 bits per heavy atom. The molecule has 0 aliphatic carbocycles. The highest BCUT2D eigenvalue weighted by atomic mass is 16.3. The van der Waals surface area contributed by atoms with Crippen LogP contribution in [0.2, 0.25) is 0 Å². The SMILES string of the molecule is OCc1cc(O)cc(CO)c1O.OCc1cc(O)cc(CO)c1O. The van der Waals surface area contributed by atoms with E-state index in [-0.39, 0.29) is 71.7 Å². The van der Waals surface area contributed by atoms with Gasteiger partial charge in [-0.25, -0.2) is 0 Å². The van der Waals surface area contributed by atoms with Crippen molar-refractivity contribution < 1.29 is 40.9 Å². The molecule has 0 saturated heterocycles. The zero-order valence-corrected chi connectivity index (χ0v) is 12.7. The van der Waals surface area contributed by atoms with Crippen LogP contribution in [0.3, 0.4) is 0 Å². The fraction of sp³-hybridized carbons (Fsp3) is 0.250. The second-order valence-corrected chi connectivity index (χ2v) is 4.86. The van der Waals surface area contributed by atoms with E-state index in [1.165, 1.54) is 24.3 Å². The monoisotopic (exact) mass is 340 g/mol. The minimum atomic E-state index is -0.368. The zero-order chi connectivity index (χ0) is 18.3. The molecule has 24 heavy (non-hydrogen) atoms. The van der Waals surface area contributed by atoms with Gasteiger partial charge in [-0.05, 0) is 24.3 Å². The Morgan fingerprint density at radius 1 is 0.458 bits per heavy atom. The number of rotatable bonds is 4. The van der Waals surface area contributed by atoms with Crippen LogP contribution in [0.1, 0.15) is 22.3 Å². The maximum Gasteiger partial charge on any atom is 0.126 e. The van der Waals surface area contributed by atoms with Crippen LogP contribution in [0.4, 0.5) is 0 Å². The van der Waals surface area contributed by atoms with E-state index in [1.54, 1.807) is 0 Å². The van der Waals surface area contributed by atoms with E-state index in [0.717, 1.165) is 0 Å². The van der Waals surface area contributed by atoms with Crippen molar-refractivity contribution in [1.29, 1.82) is 0 Å². The van der Waals surface area contributed by atoms with Crippen molar-refractivity contribution in [2.75, 3.05) is 0 Å². The molecule has 0 aliphatic heterocycles. The first kappa shape index (κ1) is 19.5. The summed E-state index contributed by atoms with van der Waals surface area (Å²) < 4.78 is 0. The molecular weight excluding hydrogens is 320 g/mol. The molecular formula is C16H20O8. The van der Waals surface area contributed by atoms with Gasteiger partial charge in [-0.15, -0.1) is 0 Å². The fourth-order valence-electron chi connectivity index (χ4n) is 1.97. The van der Waals surface area contributed by atoms with Crippen molar-refractivity contribution in [3.63, 3.8) is 0 Å². The van der Waals surface area contributed by atoms with Gasteiger partial charge >= 0.3 is 0 Å². The summed E-state index contributed by atoms with van der Waals surface area (Å²) in [6, 6.07) is 4.98.